The fourth-order valence-corrected chi connectivity index (χ4v) is 3.77. The van der Waals surface area contributed by atoms with Gasteiger partial charge in [-0.05, 0) is 32.7 Å². The average Bonchev–Trinajstić information content (AvgIpc) is 2.44. The second-order valence-electron chi connectivity index (χ2n) is 6.57. The van der Waals surface area contributed by atoms with Crippen LogP contribution in [0.5, 0.6) is 0 Å². The van der Waals surface area contributed by atoms with E-state index < -0.39 is 0 Å². The highest BCUT2D eigenvalue weighted by Crippen LogP contribution is 2.31. The molecule has 0 saturated carbocycles. The molecule has 3 fully saturated rings. The van der Waals surface area contributed by atoms with Gasteiger partial charge in [-0.1, -0.05) is 0 Å². The van der Waals surface area contributed by atoms with Gasteiger partial charge in [0.15, 0.2) is 0 Å². The lowest BCUT2D eigenvalue weighted by Crippen LogP contribution is -2.60. The van der Waals surface area contributed by atoms with Crippen molar-refractivity contribution in [3.63, 3.8) is 0 Å². The summed E-state index contributed by atoms with van der Waals surface area (Å²) < 4.78 is 6.19. The van der Waals surface area contributed by atoms with E-state index in [9.17, 15) is 0 Å². The Morgan fingerprint density at radius 3 is 2.42 bits per heavy atom. The van der Waals surface area contributed by atoms with Crippen molar-refractivity contribution in [2.45, 2.75) is 37.3 Å². The van der Waals surface area contributed by atoms with Crippen LogP contribution >= 0.6 is 0 Å². The van der Waals surface area contributed by atoms with Gasteiger partial charge in [0.25, 0.3) is 0 Å². The number of nitrogens with zero attached hydrogens (tertiary/aromatic N) is 3. The summed E-state index contributed by atoms with van der Waals surface area (Å²) >= 11 is 0. The highest BCUT2D eigenvalue weighted by molar-refractivity contribution is 4.94. The van der Waals surface area contributed by atoms with Crippen LogP contribution in [0.2, 0.25) is 0 Å². The minimum Gasteiger partial charge on any atom is -0.372 e. The maximum Gasteiger partial charge on any atom is 0.0833 e. The van der Waals surface area contributed by atoms with Gasteiger partial charge in [0.05, 0.1) is 12.2 Å². The Morgan fingerprint density at radius 1 is 1.05 bits per heavy atom. The SMILES string of the molecule is CN1CCC2(CC1)CN(C1CCN(N)CC1)CCO2. The Bertz CT molecular complexity index is 296. The molecule has 3 rings (SSSR count). The molecule has 0 aromatic carbocycles. The van der Waals surface area contributed by atoms with Crippen LogP contribution in [0.4, 0.5) is 0 Å². The normalized spacial score (nSPS) is 31.9. The minimum absolute atomic E-state index is 0.143. The van der Waals surface area contributed by atoms with E-state index in [1.165, 1.54) is 38.8 Å². The van der Waals surface area contributed by atoms with Gasteiger partial charge in [-0.15, -0.1) is 0 Å². The molecule has 110 valence electrons. The van der Waals surface area contributed by atoms with Crippen LogP contribution in [0.1, 0.15) is 25.7 Å². The lowest BCUT2D eigenvalue weighted by atomic mass is 9.88. The summed E-state index contributed by atoms with van der Waals surface area (Å²) in [6.45, 7) is 7.58. The van der Waals surface area contributed by atoms with Crippen LogP contribution in [0.3, 0.4) is 0 Å². The molecule has 0 atom stereocenters. The molecule has 2 N–H and O–H groups in total. The Morgan fingerprint density at radius 2 is 1.74 bits per heavy atom. The van der Waals surface area contributed by atoms with Gasteiger partial charge < -0.3 is 9.64 Å². The zero-order valence-electron chi connectivity index (χ0n) is 12.2. The second-order valence-corrected chi connectivity index (χ2v) is 6.57. The van der Waals surface area contributed by atoms with E-state index in [-0.39, 0.29) is 5.60 Å². The summed E-state index contributed by atoms with van der Waals surface area (Å²) in [6.07, 6.45) is 4.81. The summed E-state index contributed by atoms with van der Waals surface area (Å²) in [7, 11) is 2.21. The maximum atomic E-state index is 6.19. The molecule has 3 aliphatic rings. The number of rotatable bonds is 1. The first-order valence-corrected chi connectivity index (χ1v) is 7.73. The van der Waals surface area contributed by atoms with Crippen LogP contribution in [0, 0.1) is 0 Å². The van der Waals surface area contributed by atoms with E-state index in [1.807, 2.05) is 5.01 Å². The standard InChI is InChI=1S/C14H28N4O/c1-16-8-4-14(5-9-16)12-17(10-11-19-14)13-2-6-18(15)7-3-13/h13H,2-12,15H2,1H3. The molecule has 5 nitrogen and oxygen atoms in total. The number of likely N-dealkylation sites (tertiary alicyclic amines) is 1. The summed E-state index contributed by atoms with van der Waals surface area (Å²) in [6, 6.07) is 0.722. The first-order valence-electron chi connectivity index (χ1n) is 7.73. The number of nitrogens with two attached hydrogens (primary N) is 1. The number of hydrazine groups is 1. The van der Waals surface area contributed by atoms with E-state index in [1.54, 1.807) is 0 Å². The van der Waals surface area contributed by atoms with Crippen molar-refractivity contribution in [1.82, 2.24) is 14.8 Å². The fourth-order valence-electron chi connectivity index (χ4n) is 3.77. The third-order valence-electron chi connectivity index (χ3n) is 5.19. The molecule has 0 bridgehead atoms. The Balaban J connectivity index is 1.58. The Hall–Kier alpha value is -0.200. The van der Waals surface area contributed by atoms with E-state index in [0.717, 1.165) is 38.8 Å². The average molecular weight is 268 g/mol. The van der Waals surface area contributed by atoms with E-state index >= 15 is 0 Å². The molecule has 0 aromatic heterocycles. The number of ether oxygens (including phenoxy) is 1. The van der Waals surface area contributed by atoms with Crippen molar-refractivity contribution in [3.8, 4) is 0 Å². The van der Waals surface area contributed by atoms with E-state index in [0.29, 0.717) is 0 Å². The van der Waals surface area contributed by atoms with Gasteiger partial charge in [-0.3, -0.25) is 10.7 Å². The van der Waals surface area contributed by atoms with Crippen molar-refractivity contribution in [2.24, 2.45) is 5.84 Å². The van der Waals surface area contributed by atoms with Gasteiger partial charge in [0.1, 0.15) is 0 Å². The Kier molecular flexibility index (Phi) is 4.10. The molecular weight excluding hydrogens is 240 g/mol. The van der Waals surface area contributed by atoms with Crippen LogP contribution in [0.25, 0.3) is 0 Å². The lowest BCUT2D eigenvalue weighted by molar-refractivity contribution is -0.145. The molecule has 3 aliphatic heterocycles. The zero-order chi connectivity index (χ0) is 13.3. The summed E-state index contributed by atoms with van der Waals surface area (Å²) in [4.78, 5) is 5.10. The van der Waals surface area contributed by atoms with E-state index in [4.69, 9.17) is 10.6 Å². The molecular formula is C14H28N4O. The smallest absolute Gasteiger partial charge is 0.0833 e. The number of piperidine rings is 2. The quantitative estimate of drug-likeness (QED) is 0.685. The second kappa shape index (κ2) is 5.66. The number of hydrogen-bond acceptors (Lipinski definition) is 5. The molecule has 0 aromatic rings. The molecule has 0 unspecified atom stereocenters. The lowest BCUT2D eigenvalue weighted by Gasteiger charge is -2.49. The largest absolute Gasteiger partial charge is 0.372 e. The van der Waals surface area contributed by atoms with Crippen LogP contribution in [-0.4, -0.2) is 79.4 Å². The van der Waals surface area contributed by atoms with Gasteiger partial charge in [-0.2, -0.15) is 0 Å². The van der Waals surface area contributed by atoms with Crippen molar-refractivity contribution in [3.05, 3.63) is 0 Å². The van der Waals surface area contributed by atoms with Gasteiger partial charge >= 0.3 is 0 Å². The minimum atomic E-state index is 0.143. The first-order chi connectivity index (χ1) is 9.17. The molecule has 0 amide bonds. The van der Waals surface area contributed by atoms with Gasteiger partial charge in [0, 0.05) is 45.3 Å². The predicted octanol–water partition coefficient (Wildman–Crippen LogP) is 0.121. The summed E-state index contributed by atoms with van der Waals surface area (Å²) in [5, 5.41) is 1.96. The molecule has 0 radical (unpaired) electrons. The summed E-state index contributed by atoms with van der Waals surface area (Å²) in [5.74, 6) is 5.86. The zero-order valence-corrected chi connectivity index (χ0v) is 12.2. The number of morpholine rings is 1. The van der Waals surface area contributed by atoms with Crippen molar-refractivity contribution < 1.29 is 4.74 Å². The maximum absolute atomic E-state index is 6.19. The van der Waals surface area contributed by atoms with Gasteiger partial charge in [-0.25, -0.2) is 5.01 Å². The highest BCUT2D eigenvalue weighted by atomic mass is 16.5. The third kappa shape index (κ3) is 3.11. The van der Waals surface area contributed by atoms with Crippen LogP contribution < -0.4 is 5.84 Å². The molecule has 5 heteroatoms. The highest BCUT2D eigenvalue weighted by Gasteiger charge is 2.40. The first kappa shape index (κ1) is 13.8. The van der Waals surface area contributed by atoms with Gasteiger partial charge in [0.2, 0.25) is 0 Å². The number of hydrogen-bond donors (Lipinski definition) is 1. The van der Waals surface area contributed by atoms with Crippen molar-refractivity contribution in [2.75, 3.05) is 52.9 Å². The molecule has 0 aliphatic carbocycles. The van der Waals surface area contributed by atoms with Crippen molar-refractivity contribution in [1.29, 1.82) is 0 Å². The van der Waals surface area contributed by atoms with Crippen molar-refractivity contribution >= 4 is 0 Å². The molecule has 3 saturated heterocycles. The molecule has 3 heterocycles. The molecule has 1 spiro atoms. The predicted molar refractivity (Wildman–Crippen MR) is 75.8 cm³/mol. The fraction of sp³-hybridized carbons (Fsp3) is 1.00. The molecule has 19 heavy (non-hydrogen) atoms. The summed E-state index contributed by atoms with van der Waals surface area (Å²) in [5.41, 5.74) is 0.143. The monoisotopic (exact) mass is 268 g/mol. The topological polar surface area (TPSA) is 45.0 Å². The van der Waals surface area contributed by atoms with Crippen LogP contribution in [-0.2, 0) is 4.74 Å². The van der Waals surface area contributed by atoms with E-state index in [2.05, 4.69) is 16.8 Å². The third-order valence-corrected chi connectivity index (χ3v) is 5.19. The Labute approximate surface area is 116 Å². The van der Waals surface area contributed by atoms with Crippen LogP contribution in [0.15, 0.2) is 0 Å².